The van der Waals surface area contributed by atoms with Crippen LogP contribution >= 0.6 is 15.9 Å². The molecule has 162 valence electrons. The molecule has 2 heterocycles. The molecule has 1 aliphatic heterocycles. The number of hydrogen-bond acceptors (Lipinski definition) is 5. The molecule has 1 aromatic heterocycles. The number of ether oxygens (including phenoxy) is 1. The van der Waals surface area contributed by atoms with Crippen LogP contribution in [0.5, 0.6) is 5.75 Å². The van der Waals surface area contributed by atoms with Gasteiger partial charge in [-0.3, -0.25) is 4.98 Å². The summed E-state index contributed by atoms with van der Waals surface area (Å²) in [7, 11) is -3.65. The first-order valence-electron chi connectivity index (χ1n) is 9.19. The van der Waals surface area contributed by atoms with Crippen molar-refractivity contribution in [2.45, 2.75) is 16.8 Å². The van der Waals surface area contributed by atoms with E-state index in [0.717, 1.165) is 12.1 Å². The summed E-state index contributed by atoms with van der Waals surface area (Å²) >= 11 is 3.22. The van der Waals surface area contributed by atoms with Gasteiger partial charge in [-0.1, -0.05) is 6.07 Å². The predicted octanol–water partition coefficient (Wildman–Crippen LogP) is 5.37. The zero-order chi connectivity index (χ0) is 22.2. The van der Waals surface area contributed by atoms with Gasteiger partial charge < -0.3 is 9.64 Å². The Morgan fingerprint density at radius 3 is 2.52 bits per heavy atom. The van der Waals surface area contributed by atoms with Crippen LogP contribution in [0.1, 0.15) is 11.3 Å². The molecule has 0 radical (unpaired) electrons. The number of anilines is 2. The molecule has 0 saturated carbocycles. The van der Waals surface area contributed by atoms with E-state index in [1.807, 2.05) is 0 Å². The lowest BCUT2D eigenvalue weighted by molar-refractivity contribution is -0.137. The number of rotatable bonds is 4. The van der Waals surface area contributed by atoms with Gasteiger partial charge in [0.1, 0.15) is 12.4 Å². The van der Waals surface area contributed by atoms with Crippen LogP contribution in [0.25, 0.3) is 0 Å². The minimum atomic E-state index is -4.44. The van der Waals surface area contributed by atoms with Crippen molar-refractivity contribution < 1.29 is 26.3 Å². The summed E-state index contributed by atoms with van der Waals surface area (Å²) in [4.78, 5) is 5.94. The summed E-state index contributed by atoms with van der Waals surface area (Å²) in [5.41, 5.74) is 0.772. The Bertz CT molecular complexity index is 1220. The van der Waals surface area contributed by atoms with Crippen molar-refractivity contribution in [1.29, 1.82) is 0 Å². The molecule has 4 rings (SSSR count). The summed E-state index contributed by atoms with van der Waals surface area (Å²) in [6.45, 7) is 0.654. The highest BCUT2D eigenvalue weighted by Gasteiger charge is 2.32. The number of pyridine rings is 1. The number of sulfone groups is 1. The summed E-state index contributed by atoms with van der Waals surface area (Å²) in [5.74, 6) is 0.0981. The van der Waals surface area contributed by atoms with Crippen molar-refractivity contribution in [2.24, 2.45) is 0 Å². The number of benzene rings is 2. The minimum absolute atomic E-state index is 0.0882. The van der Waals surface area contributed by atoms with Crippen LogP contribution in [-0.4, -0.2) is 26.6 Å². The normalized spacial score (nSPS) is 14.1. The van der Waals surface area contributed by atoms with E-state index in [0.29, 0.717) is 29.4 Å². The van der Waals surface area contributed by atoms with Crippen molar-refractivity contribution in [2.75, 3.05) is 18.1 Å². The Labute approximate surface area is 185 Å². The SMILES string of the molecule is O=S(=O)(Cc1ccccn1)c1ccc2c(c1)OCCN2c1ccc(C(F)(F)F)cc1Br. The van der Waals surface area contributed by atoms with Crippen LogP contribution < -0.4 is 9.64 Å². The third kappa shape index (κ3) is 4.54. The van der Waals surface area contributed by atoms with E-state index in [1.54, 1.807) is 29.2 Å². The highest BCUT2D eigenvalue weighted by atomic mass is 79.9. The molecule has 0 bridgehead atoms. The molecule has 0 spiro atoms. The predicted molar refractivity (Wildman–Crippen MR) is 113 cm³/mol. The first kappa shape index (κ1) is 21.6. The molecule has 31 heavy (non-hydrogen) atoms. The van der Waals surface area contributed by atoms with Crippen molar-refractivity contribution in [3.05, 3.63) is 76.5 Å². The van der Waals surface area contributed by atoms with Crippen molar-refractivity contribution >= 4 is 37.1 Å². The third-order valence-corrected chi connectivity index (χ3v) is 7.07. The van der Waals surface area contributed by atoms with Crippen LogP contribution in [0.2, 0.25) is 0 Å². The lowest BCUT2D eigenvalue weighted by Crippen LogP contribution is -2.29. The molecule has 0 amide bonds. The van der Waals surface area contributed by atoms with Crippen molar-refractivity contribution in [1.82, 2.24) is 4.98 Å². The van der Waals surface area contributed by atoms with E-state index in [9.17, 15) is 21.6 Å². The topological polar surface area (TPSA) is 59.5 Å². The lowest BCUT2D eigenvalue weighted by atomic mass is 10.1. The van der Waals surface area contributed by atoms with E-state index in [2.05, 4.69) is 20.9 Å². The first-order chi connectivity index (χ1) is 14.6. The fraction of sp³-hybridized carbons (Fsp3) is 0.190. The van der Waals surface area contributed by atoms with Gasteiger partial charge >= 0.3 is 6.18 Å². The van der Waals surface area contributed by atoms with Gasteiger partial charge in [0.05, 0.1) is 39.8 Å². The van der Waals surface area contributed by atoms with Gasteiger partial charge in [0, 0.05) is 16.7 Å². The summed E-state index contributed by atoms with van der Waals surface area (Å²) < 4.78 is 70.5. The molecule has 0 aliphatic carbocycles. The smallest absolute Gasteiger partial charge is 0.416 e. The number of alkyl halides is 3. The minimum Gasteiger partial charge on any atom is -0.489 e. The van der Waals surface area contributed by atoms with Gasteiger partial charge in [0.25, 0.3) is 0 Å². The summed E-state index contributed by atoms with van der Waals surface area (Å²) in [6.07, 6.45) is -2.92. The number of hydrogen-bond donors (Lipinski definition) is 0. The summed E-state index contributed by atoms with van der Waals surface area (Å²) in [5, 5.41) is 0. The van der Waals surface area contributed by atoms with Crippen molar-refractivity contribution in [3.8, 4) is 5.75 Å². The van der Waals surface area contributed by atoms with Gasteiger partial charge in [0.2, 0.25) is 0 Å². The fourth-order valence-corrected chi connectivity index (χ4v) is 5.19. The van der Waals surface area contributed by atoms with Gasteiger partial charge in [-0.05, 0) is 58.4 Å². The lowest BCUT2D eigenvalue weighted by Gasteiger charge is -2.32. The average molecular weight is 513 g/mol. The molecule has 5 nitrogen and oxygen atoms in total. The fourth-order valence-electron chi connectivity index (χ4n) is 3.31. The van der Waals surface area contributed by atoms with Crippen LogP contribution in [0, 0.1) is 0 Å². The Balaban J connectivity index is 1.66. The maximum Gasteiger partial charge on any atom is 0.416 e. The first-order valence-corrected chi connectivity index (χ1v) is 11.6. The average Bonchev–Trinajstić information content (AvgIpc) is 2.73. The maximum absolute atomic E-state index is 13.0. The largest absolute Gasteiger partial charge is 0.489 e. The zero-order valence-corrected chi connectivity index (χ0v) is 18.3. The second-order valence-electron chi connectivity index (χ2n) is 6.87. The molecular formula is C21H16BrF3N2O3S. The Hall–Kier alpha value is -2.59. The molecule has 0 unspecified atom stereocenters. The molecule has 0 atom stereocenters. The maximum atomic E-state index is 13.0. The molecule has 2 aromatic carbocycles. The van der Waals surface area contributed by atoms with E-state index >= 15 is 0 Å². The molecule has 10 heteroatoms. The highest BCUT2D eigenvalue weighted by molar-refractivity contribution is 9.10. The summed E-state index contributed by atoms with van der Waals surface area (Å²) in [6, 6.07) is 13.0. The zero-order valence-electron chi connectivity index (χ0n) is 15.9. The van der Waals surface area contributed by atoms with Gasteiger partial charge in [-0.2, -0.15) is 13.2 Å². The molecular weight excluding hydrogens is 497 g/mol. The molecule has 3 aromatic rings. The second kappa shape index (κ2) is 8.16. The van der Waals surface area contributed by atoms with E-state index in [-0.39, 0.29) is 21.7 Å². The van der Waals surface area contributed by atoms with Crippen LogP contribution in [0.4, 0.5) is 24.5 Å². The monoisotopic (exact) mass is 512 g/mol. The van der Waals surface area contributed by atoms with Gasteiger partial charge in [-0.25, -0.2) is 8.42 Å². The Morgan fingerprint density at radius 2 is 1.84 bits per heavy atom. The van der Waals surface area contributed by atoms with Gasteiger partial charge in [0.15, 0.2) is 9.84 Å². The quantitative estimate of drug-likeness (QED) is 0.470. The number of halogens is 4. The van der Waals surface area contributed by atoms with Crippen LogP contribution in [0.3, 0.4) is 0 Å². The molecule has 1 aliphatic rings. The molecule has 0 fully saturated rings. The Morgan fingerprint density at radius 1 is 1.06 bits per heavy atom. The second-order valence-corrected chi connectivity index (χ2v) is 9.72. The standard InChI is InChI=1S/C21H16BrF3N2O3S/c22-17-11-14(21(23,24)25)4-6-18(17)27-9-10-30-20-12-16(5-7-19(20)27)31(28,29)13-15-3-1-2-8-26-15/h1-8,11-12H,9-10,13H2. The van der Waals surface area contributed by atoms with E-state index in [1.165, 1.54) is 24.4 Å². The molecule has 0 saturated heterocycles. The molecule has 0 N–H and O–H groups in total. The van der Waals surface area contributed by atoms with Gasteiger partial charge in [-0.15, -0.1) is 0 Å². The highest BCUT2D eigenvalue weighted by Crippen LogP contribution is 2.42. The number of nitrogens with zero attached hydrogens (tertiary/aromatic N) is 2. The third-order valence-electron chi connectivity index (χ3n) is 4.78. The van der Waals surface area contributed by atoms with Crippen LogP contribution in [-0.2, 0) is 21.8 Å². The number of aromatic nitrogens is 1. The Kier molecular flexibility index (Phi) is 5.69. The van der Waals surface area contributed by atoms with E-state index in [4.69, 9.17) is 4.74 Å². The number of fused-ring (bicyclic) bond motifs is 1. The van der Waals surface area contributed by atoms with Crippen molar-refractivity contribution in [3.63, 3.8) is 0 Å². The van der Waals surface area contributed by atoms with Crippen LogP contribution in [0.15, 0.2) is 70.2 Å². The van der Waals surface area contributed by atoms with E-state index < -0.39 is 21.6 Å².